The van der Waals surface area contributed by atoms with E-state index in [4.69, 9.17) is 16.3 Å². The lowest BCUT2D eigenvalue weighted by molar-refractivity contribution is 0.0473. The first-order chi connectivity index (χ1) is 15.4. The van der Waals surface area contributed by atoms with E-state index in [1.165, 1.54) is 29.4 Å². The Balaban J connectivity index is 1.77. The second-order valence-corrected chi connectivity index (χ2v) is 10.7. The van der Waals surface area contributed by atoms with Gasteiger partial charge in [-0.2, -0.15) is 4.31 Å². The number of ether oxygens (including phenoxy) is 1. The average Bonchev–Trinajstić information content (AvgIpc) is 3.06. The Morgan fingerprint density at radius 2 is 1.94 bits per heavy atom. The molecule has 0 radical (unpaired) electrons. The van der Waals surface area contributed by atoms with Crippen molar-refractivity contribution in [3.8, 4) is 0 Å². The number of carbonyl (C=O) groups excluding carboxylic acids is 3. The minimum atomic E-state index is -3.88. The summed E-state index contributed by atoms with van der Waals surface area (Å²) in [5.74, 6) is -1.29. The van der Waals surface area contributed by atoms with Crippen molar-refractivity contribution in [3.63, 3.8) is 0 Å². The van der Waals surface area contributed by atoms with Crippen LogP contribution in [0.1, 0.15) is 69.2 Å². The molecule has 1 aliphatic heterocycles. The van der Waals surface area contributed by atoms with E-state index >= 15 is 0 Å². The number of halogens is 1. The SMILES string of the molecule is CC(=O)c1c(C)[nH]c(C(=O)COC(=O)c2ccc(Cl)c(S(=O)(=O)N3CCC[C@H](C)C3)c2)c1C. The molecule has 178 valence electrons. The van der Waals surface area contributed by atoms with Crippen molar-refractivity contribution >= 4 is 39.2 Å². The number of H-pyrrole nitrogens is 1. The third-order valence-electron chi connectivity index (χ3n) is 5.81. The second-order valence-electron chi connectivity index (χ2n) is 8.44. The summed E-state index contributed by atoms with van der Waals surface area (Å²) in [6.07, 6.45) is 1.71. The van der Waals surface area contributed by atoms with E-state index in [9.17, 15) is 22.8 Å². The number of hydrogen-bond acceptors (Lipinski definition) is 6. The number of sulfonamides is 1. The first kappa shape index (κ1) is 25.1. The molecule has 0 bridgehead atoms. The summed E-state index contributed by atoms with van der Waals surface area (Å²) in [4.78, 5) is 39.6. The Bertz CT molecular complexity index is 1220. The topological polar surface area (TPSA) is 114 Å². The molecule has 1 N–H and O–H groups in total. The van der Waals surface area contributed by atoms with Crippen molar-refractivity contribution < 1.29 is 27.5 Å². The van der Waals surface area contributed by atoms with Gasteiger partial charge in [0.25, 0.3) is 0 Å². The highest BCUT2D eigenvalue weighted by atomic mass is 35.5. The maximum absolute atomic E-state index is 13.1. The predicted octanol–water partition coefficient (Wildman–Crippen LogP) is 3.95. The molecule has 33 heavy (non-hydrogen) atoms. The van der Waals surface area contributed by atoms with Crippen LogP contribution in [0.25, 0.3) is 0 Å². The number of rotatable bonds is 7. The van der Waals surface area contributed by atoms with Gasteiger partial charge in [0.15, 0.2) is 12.4 Å². The van der Waals surface area contributed by atoms with Gasteiger partial charge in [-0.05, 0) is 63.3 Å². The molecule has 0 amide bonds. The van der Waals surface area contributed by atoms with Crippen molar-refractivity contribution in [2.75, 3.05) is 19.7 Å². The number of nitrogens with zero attached hydrogens (tertiary/aromatic N) is 1. The third-order valence-corrected chi connectivity index (χ3v) is 8.15. The number of hydrogen-bond donors (Lipinski definition) is 1. The van der Waals surface area contributed by atoms with Gasteiger partial charge >= 0.3 is 5.97 Å². The van der Waals surface area contributed by atoms with Crippen LogP contribution in [0.4, 0.5) is 0 Å². The van der Waals surface area contributed by atoms with Crippen LogP contribution >= 0.6 is 11.6 Å². The van der Waals surface area contributed by atoms with Crippen LogP contribution < -0.4 is 0 Å². The molecule has 1 saturated heterocycles. The maximum Gasteiger partial charge on any atom is 0.338 e. The van der Waals surface area contributed by atoms with E-state index in [1.807, 2.05) is 6.92 Å². The third kappa shape index (κ3) is 5.20. The van der Waals surface area contributed by atoms with E-state index in [0.717, 1.165) is 12.8 Å². The Morgan fingerprint density at radius 3 is 2.55 bits per heavy atom. The van der Waals surface area contributed by atoms with E-state index < -0.39 is 28.4 Å². The van der Waals surface area contributed by atoms with Crippen LogP contribution in [-0.2, 0) is 14.8 Å². The number of esters is 1. The number of piperidine rings is 1. The van der Waals surface area contributed by atoms with Crippen LogP contribution in [0.5, 0.6) is 0 Å². The zero-order valence-corrected chi connectivity index (χ0v) is 20.6. The fourth-order valence-electron chi connectivity index (χ4n) is 4.18. The molecule has 10 heteroatoms. The first-order valence-electron chi connectivity index (χ1n) is 10.6. The lowest BCUT2D eigenvalue weighted by Gasteiger charge is -2.30. The molecule has 0 unspecified atom stereocenters. The van der Waals surface area contributed by atoms with Crippen LogP contribution in [0.2, 0.25) is 5.02 Å². The van der Waals surface area contributed by atoms with Gasteiger partial charge in [-0.15, -0.1) is 0 Å². The van der Waals surface area contributed by atoms with Crippen LogP contribution in [0, 0.1) is 19.8 Å². The molecule has 0 spiro atoms. The smallest absolute Gasteiger partial charge is 0.338 e. The standard InChI is InChI=1S/C23H27ClN2O6S/c1-13-6-5-9-26(11-13)33(30,31)20-10-17(7-8-18(20)24)23(29)32-12-19(28)22-14(2)21(16(4)27)15(3)25-22/h7-8,10,13,25H,5-6,9,11-12H2,1-4H3/t13-/m0/s1. The Labute approximate surface area is 198 Å². The lowest BCUT2D eigenvalue weighted by Crippen LogP contribution is -2.39. The highest BCUT2D eigenvalue weighted by molar-refractivity contribution is 7.89. The maximum atomic E-state index is 13.1. The summed E-state index contributed by atoms with van der Waals surface area (Å²) in [6, 6.07) is 3.87. The van der Waals surface area contributed by atoms with Crippen LogP contribution in [0.3, 0.4) is 0 Å². The van der Waals surface area contributed by atoms with Crippen molar-refractivity contribution in [2.24, 2.45) is 5.92 Å². The van der Waals surface area contributed by atoms with Crippen molar-refractivity contribution in [1.29, 1.82) is 0 Å². The van der Waals surface area contributed by atoms with E-state index in [1.54, 1.807) is 13.8 Å². The molecule has 1 fully saturated rings. The fraction of sp³-hybridized carbons (Fsp3) is 0.435. The predicted molar refractivity (Wildman–Crippen MR) is 123 cm³/mol. The number of aromatic amines is 1. The lowest BCUT2D eigenvalue weighted by atomic mass is 10.0. The number of Topliss-reactive ketones (excluding diaryl/α,β-unsaturated/α-hetero) is 2. The molecular formula is C23H27ClN2O6S. The van der Waals surface area contributed by atoms with E-state index in [2.05, 4.69) is 4.98 Å². The van der Waals surface area contributed by atoms with Crippen molar-refractivity contribution in [3.05, 3.63) is 51.3 Å². The molecule has 2 aromatic rings. The molecule has 1 aromatic heterocycles. The molecule has 1 atom stereocenters. The fourth-order valence-corrected chi connectivity index (χ4v) is 6.27. The van der Waals surface area contributed by atoms with Crippen molar-refractivity contribution in [1.82, 2.24) is 9.29 Å². The summed E-state index contributed by atoms with van der Waals surface area (Å²) in [7, 11) is -3.88. The minimum Gasteiger partial charge on any atom is -0.454 e. The number of nitrogens with one attached hydrogen (secondary N) is 1. The Hall–Kier alpha value is -2.49. The largest absolute Gasteiger partial charge is 0.454 e. The summed E-state index contributed by atoms with van der Waals surface area (Å²) in [5, 5.41) is 0.00935. The molecule has 8 nitrogen and oxygen atoms in total. The molecule has 0 aliphatic carbocycles. The molecule has 1 aliphatic rings. The zero-order chi connectivity index (χ0) is 24.5. The highest BCUT2D eigenvalue weighted by Gasteiger charge is 2.31. The van der Waals surface area contributed by atoms with Crippen molar-refractivity contribution in [2.45, 2.75) is 45.4 Å². The second kappa shape index (κ2) is 9.79. The zero-order valence-electron chi connectivity index (χ0n) is 19.0. The molecule has 3 rings (SSSR count). The number of aryl methyl sites for hydroxylation is 1. The molecule has 2 heterocycles. The van der Waals surface area contributed by atoms with Gasteiger partial charge in [-0.25, -0.2) is 13.2 Å². The number of aromatic nitrogens is 1. The normalized spacial score (nSPS) is 17.1. The van der Waals surface area contributed by atoms with E-state index in [-0.39, 0.29) is 32.9 Å². The van der Waals surface area contributed by atoms with Gasteiger partial charge < -0.3 is 9.72 Å². The van der Waals surface area contributed by atoms with Crippen LogP contribution in [0.15, 0.2) is 23.1 Å². The highest BCUT2D eigenvalue weighted by Crippen LogP contribution is 2.29. The molecule has 0 saturated carbocycles. The Kier molecular flexibility index (Phi) is 7.45. The van der Waals surface area contributed by atoms with E-state index in [0.29, 0.717) is 29.9 Å². The number of ketones is 2. The summed E-state index contributed by atoms with van der Waals surface area (Å²) < 4.78 is 32.7. The summed E-state index contributed by atoms with van der Waals surface area (Å²) >= 11 is 6.16. The quantitative estimate of drug-likeness (QED) is 0.460. The van der Waals surface area contributed by atoms with Crippen LogP contribution in [-0.4, -0.2) is 54.9 Å². The van der Waals surface area contributed by atoms with Gasteiger partial charge in [0.1, 0.15) is 4.90 Å². The first-order valence-corrected chi connectivity index (χ1v) is 12.5. The number of carbonyl (C=O) groups is 3. The summed E-state index contributed by atoms with van der Waals surface area (Å²) in [6.45, 7) is 6.95. The molecule has 1 aromatic carbocycles. The van der Waals surface area contributed by atoms with Gasteiger partial charge in [0, 0.05) is 24.3 Å². The summed E-state index contributed by atoms with van der Waals surface area (Å²) in [5.41, 5.74) is 1.67. The number of benzene rings is 1. The van der Waals surface area contributed by atoms with Gasteiger partial charge in [0.05, 0.1) is 16.3 Å². The average molecular weight is 495 g/mol. The van der Waals surface area contributed by atoms with Gasteiger partial charge in [0.2, 0.25) is 15.8 Å². The minimum absolute atomic E-state index is 0.00935. The monoisotopic (exact) mass is 494 g/mol. The van der Waals surface area contributed by atoms with Gasteiger partial charge in [-0.1, -0.05) is 18.5 Å². The Morgan fingerprint density at radius 1 is 1.24 bits per heavy atom. The van der Waals surface area contributed by atoms with Gasteiger partial charge in [-0.3, -0.25) is 9.59 Å². The molecular weight excluding hydrogens is 468 g/mol.